The quantitative estimate of drug-likeness (QED) is 0.0887. The molecule has 0 heterocycles. The smallest absolute Gasteiger partial charge is 0.132 e. The van der Waals surface area contributed by atoms with Gasteiger partial charge in [-0.05, 0) is 13.8 Å². The topological polar surface area (TPSA) is 192 Å². The maximum atomic E-state index is 11.1. The number of hydrogen-bond donors (Lipinski definition) is 0. The zero-order valence-electron chi connectivity index (χ0n) is 44.2. The average molecular weight is 939 g/mol. The van der Waals surface area contributed by atoms with Crippen molar-refractivity contribution in [3.63, 3.8) is 0 Å². The standard InChI is InChI=1S/C11H22O4.8C4H10O2/c1-9(12)6-11(2,15-5)7-10(14-4)8-13-3;8*1-5-3-4-6-2/h10H,6-8H2,1-5H3;8*3-4H2,1-2H3. The molecule has 0 aromatic carbocycles. The van der Waals surface area contributed by atoms with E-state index in [4.69, 9.17) is 14.2 Å². The normalized spacial score (nSPS) is 10.9. The number of carbonyl (C=O) groups excluding carboxylic acids is 1. The number of carbonyl (C=O) groups is 1. The first kappa shape index (κ1) is 82.0. The van der Waals surface area contributed by atoms with Crippen molar-refractivity contribution in [2.75, 3.05) is 247 Å². The Morgan fingerprint density at radius 1 is 0.333 bits per heavy atom. The number of rotatable bonds is 32. The highest BCUT2D eigenvalue weighted by Gasteiger charge is 2.29. The highest BCUT2D eigenvalue weighted by Crippen LogP contribution is 2.23. The van der Waals surface area contributed by atoms with E-state index in [2.05, 4.69) is 75.8 Å². The summed E-state index contributed by atoms with van der Waals surface area (Å²) in [5.41, 5.74) is -0.467. The van der Waals surface area contributed by atoms with Crippen molar-refractivity contribution in [3.8, 4) is 0 Å². The molecule has 0 fully saturated rings. The van der Waals surface area contributed by atoms with Gasteiger partial charge >= 0.3 is 0 Å². The third-order valence-electron chi connectivity index (χ3n) is 6.39. The maximum absolute atomic E-state index is 11.1. The SMILES string of the molecule is COCC(CC(C)(CC(C)=O)OC)OC.COCCOC.COCCOC.COCCOC.COCCOC.COCCOC.COCCOC.COCCOC.COCCOC. The van der Waals surface area contributed by atoms with Crippen LogP contribution in [0, 0.1) is 0 Å². The van der Waals surface area contributed by atoms with Crippen molar-refractivity contribution in [1.29, 1.82) is 0 Å². The van der Waals surface area contributed by atoms with E-state index in [1.54, 1.807) is 142 Å². The maximum Gasteiger partial charge on any atom is 0.132 e. The van der Waals surface area contributed by atoms with E-state index in [1.165, 1.54) is 0 Å². The predicted octanol–water partition coefficient (Wildman–Crippen LogP) is 3.66. The molecule has 63 heavy (non-hydrogen) atoms. The van der Waals surface area contributed by atoms with Crippen molar-refractivity contribution in [1.82, 2.24) is 0 Å². The lowest BCUT2D eigenvalue weighted by atomic mass is 9.92. The lowest BCUT2D eigenvalue weighted by molar-refractivity contribution is -0.125. The molecule has 394 valence electrons. The Kier molecular flexibility index (Phi) is 119. The second-order valence-electron chi connectivity index (χ2n) is 11.9. The number of Topliss-reactive ketones (excluding diaryl/α,β-unsaturated/α-hetero) is 1. The van der Waals surface area contributed by atoms with Crippen LogP contribution in [0.15, 0.2) is 0 Å². The molecule has 0 aliphatic rings. The van der Waals surface area contributed by atoms with Crippen LogP contribution < -0.4 is 0 Å². The molecule has 20 heteroatoms. The summed E-state index contributed by atoms with van der Waals surface area (Å²) in [4.78, 5) is 11.1. The zero-order chi connectivity index (χ0) is 50.5. The summed E-state index contributed by atoms with van der Waals surface area (Å²) in [6.07, 6.45) is 1.000. The first-order valence-electron chi connectivity index (χ1n) is 20.2. The molecule has 2 unspecified atom stereocenters. The van der Waals surface area contributed by atoms with Crippen molar-refractivity contribution >= 4 is 5.78 Å². The van der Waals surface area contributed by atoms with Gasteiger partial charge in [0.05, 0.1) is 124 Å². The molecule has 0 radical (unpaired) electrons. The monoisotopic (exact) mass is 939 g/mol. The molecule has 2 atom stereocenters. The third kappa shape index (κ3) is 126. The van der Waals surface area contributed by atoms with Crippen LogP contribution in [0.3, 0.4) is 0 Å². The average Bonchev–Trinajstić information content (AvgIpc) is 3.29. The van der Waals surface area contributed by atoms with Crippen LogP contribution in [0.25, 0.3) is 0 Å². The summed E-state index contributed by atoms with van der Waals surface area (Å²) >= 11 is 0. The van der Waals surface area contributed by atoms with Crippen LogP contribution in [0.1, 0.15) is 26.7 Å². The van der Waals surface area contributed by atoms with E-state index in [9.17, 15) is 4.79 Å². The summed E-state index contributed by atoms with van der Waals surface area (Å²) in [5, 5.41) is 0. The molecule has 0 amide bonds. The molecule has 0 aromatic rings. The molecule has 0 rings (SSSR count). The largest absolute Gasteiger partial charge is 0.382 e. The molecule has 20 nitrogen and oxygen atoms in total. The first-order valence-corrected chi connectivity index (χ1v) is 20.2. The Morgan fingerprint density at radius 3 is 0.603 bits per heavy atom. The Morgan fingerprint density at radius 2 is 0.508 bits per heavy atom. The predicted molar refractivity (Wildman–Crippen MR) is 248 cm³/mol. The second-order valence-corrected chi connectivity index (χ2v) is 11.9. The molecule has 0 aromatic heterocycles. The van der Waals surface area contributed by atoms with Gasteiger partial charge in [0, 0.05) is 148 Å². The summed E-state index contributed by atoms with van der Waals surface area (Å²) in [5.74, 6) is 0.117. The Labute approximate surface area is 385 Å². The van der Waals surface area contributed by atoms with Gasteiger partial charge in [-0.1, -0.05) is 0 Å². The first-order chi connectivity index (χ1) is 30.3. The van der Waals surface area contributed by atoms with Crippen molar-refractivity contribution < 1.29 is 94.8 Å². The number of hydrogen-bond acceptors (Lipinski definition) is 20. The fraction of sp³-hybridized carbons (Fsp3) is 0.977. The van der Waals surface area contributed by atoms with E-state index in [0.717, 1.165) is 0 Å². The highest BCUT2D eigenvalue weighted by atomic mass is 16.5. The van der Waals surface area contributed by atoms with Gasteiger partial charge in [-0.2, -0.15) is 0 Å². The van der Waals surface area contributed by atoms with Crippen LogP contribution >= 0.6 is 0 Å². The molecule has 0 bridgehead atoms. The van der Waals surface area contributed by atoms with Gasteiger partial charge in [0.15, 0.2) is 0 Å². The summed E-state index contributed by atoms with van der Waals surface area (Å²) in [6.45, 7) is 15.0. The minimum atomic E-state index is -0.467. The minimum Gasteiger partial charge on any atom is -0.382 e. The van der Waals surface area contributed by atoms with Gasteiger partial charge in [0.25, 0.3) is 0 Å². The van der Waals surface area contributed by atoms with Gasteiger partial charge in [0.2, 0.25) is 0 Å². The molecule has 0 aliphatic carbocycles. The summed E-state index contributed by atoms with van der Waals surface area (Å²) in [6, 6.07) is 0. The Bertz CT molecular complexity index is 532. The second kappa shape index (κ2) is 91.4. The van der Waals surface area contributed by atoms with Gasteiger partial charge in [-0.25, -0.2) is 0 Å². The van der Waals surface area contributed by atoms with E-state index in [-0.39, 0.29) is 11.9 Å². The van der Waals surface area contributed by atoms with Crippen LogP contribution in [0.5, 0.6) is 0 Å². The van der Waals surface area contributed by atoms with Crippen LogP contribution in [-0.4, -0.2) is 265 Å². The van der Waals surface area contributed by atoms with Crippen LogP contribution in [0.4, 0.5) is 0 Å². The number of ketones is 1. The fourth-order valence-electron chi connectivity index (χ4n) is 2.97. The van der Waals surface area contributed by atoms with Gasteiger partial charge in [-0.15, -0.1) is 0 Å². The highest BCUT2D eigenvalue weighted by molar-refractivity contribution is 5.76. The van der Waals surface area contributed by atoms with E-state index >= 15 is 0 Å². The summed E-state index contributed by atoms with van der Waals surface area (Å²) < 4.78 is 90.2. The lowest BCUT2D eigenvalue weighted by Gasteiger charge is -2.30. The number of methoxy groups -OCH3 is 19. The van der Waals surface area contributed by atoms with Crippen molar-refractivity contribution in [3.05, 3.63) is 0 Å². The zero-order valence-corrected chi connectivity index (χ0v) is 44.2. The van der Waals surface area contributed by atoms with E-state index in [1.807, 2.05) is 6.92 Å². The Balaban J connectivity index is -0.0000000766. The van der Waals surface area contributed by atoms with Crippen LogP contribution in [-0.2, 0) is 94.8 Å². The molecule has 0 saturated carbocycles. The van der Waals surface area contributed by atoms with E-state index < -0.39 is 5.60 Å². The molecule has 0 N–H and O–H groups in total. The Hall–Kier alpha value is -1.09. The van der Waals surface area contributed by atoms with Crippen molar-refractivity contribution in [2.24, 2.45) is 0 Å². The van der Waals surface area contributed by atoms with Gasteiger partial charge < -0.3 is 90.0 Å². The molecule has 0 saturated heterocycles. The van der Waals surface area contributed by atoms with E-state index in [0.29, 0.717) is 125 Å². The lowest BCUT2D eigenvalue weighted by Crippen LogP contribution is -2.36. The molecule has 0 aliphatic heterocycles. The molecular weight excluding hydrogens is 836 g/mol. The third-order valence-corrected chi connectivity index (χ3v) is 6.39. The van der Waals surface area contributed by atoms with Gasteiger partial charge in [-0.3, -0.25) is 4.79 Å². The number of ether oxygens (including phenoxy) is 19. The fourth-order valence-corrected chi connectivity index (χ4v) is 2.97. The molecular formula is C43H102O20. The minimum absolute atomic E-state index is 0.0423. The van der Waals surface area contributed by atoms with Gasteiger partial charge in [0.1, 0.15) is 5.78 Å². The summed E-state index contributed by atoms with van der Waals surface area (Å²) in [7, 11) is 31.3. The van der Waals surface area contributed by atoms with Crippen molar-refractivity contribution in [2.45, 2.75) is 38.4 Å². The van der Waals surface area contributed by atoms with Crippen LogP contribution in [0.2, 0.25) is 0 Å². The molecule has 0 spiro atoms.